The highest BCUT2D eigenvalue weighted by molar-refractivity contribution is 8.13. The molecule has 1 aromatic carbocycles. The van der Waals surface area contributed by atoms with Gasteiger partial charge in [0.05, 0.1) is 11.2 Å². The normalized spacial score (nSPS) is 19.6. The van der Waals surface area contributed by atoms with Gasteiger partial charge in [0.25, 0.3) is 0 Å². The minimum atomic E-state index is -0.469. The molecule has 0 bridgehead atoms. The minimum absolute atomic E-state index is 0.0705. The number of rotatable bonds is 4. The van der Waals surface area contributed by atoms with Gasteiger partial charge in [0, 0.05) is 18.4 Å². The van der Waals surface area contributed by atoms with Gasteiger partial charge in [0.1, 0.15) is 0 Å². The number of thioether (sulfide) groups is 1. The predicted molar refractivity (Wildman–Crippen MR) is 103 cm³/mol. The summed E-state index contributed by atoms with van der Waals surface area (Å²) in [6, 6.07) is 5.90. The van der Waals surface area contributed by atoms with Crippen LogP contribution in [0.3, 0.4) is 0 Å². The SMILES string of the molecule is CC(=O)SCC(=Cc1cc(C)cc(N)c1)B1OC(C)(C)C(C)(C)O1. The molecule has 1 heterocycles. The summed E-state index contributed by atoms with van der Waals surface area (Å²) in [5.74, 6) is 0.528. The predicted octanol–water partition coefficient (Wildman–Crippen LogP) is 3.87. The molecule has 0 aromatic heterocycles. The molecule has 0 saturated carbocycles. The van der Waals surface area contributed by atoms with Crippen molar-refractivity contribution >= 4 is 35.8 Å². The lowest BCUT2D eigenvalue weighted by molar-refractivity contribution is -0.109. The van der Waals surface area contributed by atoms with Crippen LogP contribution in [-0.2, 0) is 14.1 Å². The van der Waals surface area contributed by atoms with E-state index in [1.54, 1.807) is 6.92 Å². The highest BCUT2D eigenvalue weighted by Crippen LogP contribution is 2.39. The van der Waals surface area contributed by atoms with E-state index in [2.05, 4.69) is 6.07 Å². The van der Waals surface area contributed by atoms with E-state index in [9.17, 15) is 4.79 Å². The second kappa shape index (κ2) is 6.94. The van der Waals surface area contributed by atoms with E-state index >= 15 is 0 Å². The van der Waals surface area contributed by atoms with E-state index in [4.69, 9.17) is 15.0 Å². The third-order valence-corrected chi connectivity index (χ3v) is 5.36. The van der Waals surface area contributed by atoms with Gasteiger partial charge in [-0.15, -0.1) is 0 Å². The van der Waals surface area contributed by atoms with Crippen LogP contribution in [0.25, 0.3) is 6.08 Å². The first-order valence-electron chi connectivity index (χ1n) is 8.07. The molecule has 130 valence electrons. The fourth-order valence-corrected chi connectivity index (χ4v) is 3.09. The van der Waals surface area contributed by atoms with Gasteiger partial charge in [-0.3, -0.25) is 4.79 Å². The standard InChI is InChI=1S/C18H26BNO3S/c1-12-7-14(10-16(20)8-12)9-15(11-24-13(2)21)19-22-17(3,4)18(5,6)23-19/h7-10H,11,20H2,1-6H3. The maximum absolute atomic E-state index is 11.4. The summed E-state index contributed by atoms with van der Waals surface area (Å²) in [6.07, 6.45) is 2.02. The molecule has 24 heavy (non-hydrogen) atoms. The number of carbonyl (C=O) groups is 1. The van der Waals surface area contributed by atoms with E-state index in [1.165, 1.54) is 11.8 Å². The quantitative estimate of drug-likeness (QED) is 0.662. The summed E-state index contributed by atoms with van der Waals surface area (Å²) >= 11 is 1.26. The molecule has 1 fully saturated rings. The zero-order valence-corrected chi connectivity index (χ0v) is 16.1. The Morgan fingerprint density at radius 1 is 1.21 bits per heavy atom. The van der Waals surface area contributed by atoms with Gasteiger partial charge in [-0.1, -0.05) is 23.9 Å². The van der Waals surface area contributed by atoms with E-state index in [1.807, 2.05) is 52.8 Å². The third-order valence-electron chi connectivity index (χ3n) is 4.47. The third kappa shape index (κ3) is 4.44. The number of anilines is 1. The fourth-order valence-electron chi connectivity index (χ4n) is 2.50. The summed E-state index contributed by atoms with van der Waals surface area (Å²) in [7, 11) is -0.469. The lowest BCUT2D eigenvalue weighted by Gasteiger charge is -2.32. The van der Waals surface area contributed by atoms with Crippen molar-refractivity contribution in [3.8, 4) is 0 Å². The Morgan fingerprint density at radius 3 is 2.29 bits per heavy atom. The van der Waals surface area contributed by atoms with Crippen LogP contribution in [0, 0.1) is 6.92 Å². The number of hydrogen-bond acceptors (Lipinski definition) is 5. The summed E-state index contributed by atoms with van der Waals surface area (Å²) in [6.45, 7) is 11.7. The molecule has 1 aromatic rings. The number of aryl methyl sites for hydroxylation is 1. The van der Waals surface area contributed by atoms with Gasteiger partial charge in [-0.05, 0) is 63.4 Å². The maximum atomic E-state index is 11.4. The Balaban J connectivity index is 2.35. The largest absolute Gasteiger partial charge is 0.491 e. The van der Waals surface area contributed by atoms with Gasteiger partial charge >= 0.3 is 7.12 Å². The molecular weight excluding hydrogens is 321 g/mol. The van der Waals surface area contributed by atoms with Crippen LogP contribution in [-0.4, -0.2) is 29.2 Å². The van der Waals surface area contributed by atoms with Crippen molar-refractivity contribution in [3.05, 3.63) is 34.8 Å². The van der Waals surface area contributed by atoms with Crippen molar-refractivity contribution in [2.45, 2.75) is 52.7 Å². The van der Waals surface area contributed by atoms with Crippen molar-refractivity contribution in [1.82, 2.24) is 0 Å². The Kier molecular flexibility index (Phi) is 5.52. The Labute approximate surface area is 149 Å². The molecule has 2 rings (SSSR count). The number of benzene rings is 1. The van der Waals surface area contributed by atoms with Crippen LogP contribution in [0.15, 0.2) is 23.7 Å². The number of carbonyl (C=O) groups excluding carboxylic acids is 1. The molecule has 0 radical (unpaired) electrons. The highest BCUT2D eigenvalue weighted by atomic mass is 32.2. The molecule has 0 amide bonds. The number of nitrogen functional groups attached to an aromatic ring is 1. The van der Waals surface area contributed by atoms with Crippen LogP contribution in [0.5, 0.6) is 0 Å². The van der Waals surface area contributed by atoms with Gasteiger partial charge in [-0.25, -0.2) is 0 Å². The lowest BCUT2D eigenvalue weighted by atomic mass is 9.78. The van der Waals surface area contributed by atoms with Crippen molar-refractivity contribution < 1.29 is 14.1 Å². The lowest BCUT2D eigenvalue weighted by Crippen LogP contribution is -2.41. The van der Waals surface area contributed by atoms with Crippen molar-refractivity contribution in [3.63, 3.8) is 0 Å². The summed E-state index contributed by atoms with van der Waals surface area (Å²) < 4.78 is 12.3. The summed E-state index contributed by atoms with van der Waals surface area (Å²) in [4.78, 5) is 11.4. The summed E-state index contributed by atoms with van der Waals surface area (Å²) in [5.41, 5.74) is 8.84. The average molecular weight is 347 g/mol. The van der Waals surface area contributed by atoms with E-state index in [0.29, 0.717) is 11.4 Å². The number of nitrogens with two attached hydrogens (primary N) is 1. The van der Waals surface area contributed by atoms with E-state index in [0.717, 1.165) is 16.6 Å². The topological polar surface area (TPSA) is 61.6 Å². The van der Waals surface area contributed by atoms with Crippen LogP contribution in [0.4, 0.5) is 5.69 Å². The van der Waals surface area contributed by atoms with E-state index < -0.39 is 18.3 Å². The first kappa shape index (κ1) is 19.1. The van der Waals surface area contributed by atoms with Crippen LogP contribution < -0.4 is 5.73 Å². The first-order valence-corrected chi connectivity index (χ1v) is 9.05. The van der Waals surface area contributed by atoms with Gasteiger partial charge in [0.2, 0.25) is 0 Å². The summed E-state index contributed by atoms with van der Waals surface area (Å²) in [5, 5.41) is 0.0705. The molecule has 0 spiro atoms. The van der Waals surface area contributed by atoms with E-state index in [-0.39, 0.29) is 5.12 Å². The average Bonchev–Trinajstić information content (AvgIpc) is 2.62. The second-order valence-electron chi connectivity index (χ2n) is 7.26. The maximum Gasteiger partial charge on any atom is 0.491 e. The van der Waals surface area contributed by atoms with Crippen LogP contribution in [0.1, 0.15) is 45.7 Å². The van der Waals surface area contributed by atoms with Crippen molar-refractivity contribution in [2.24, 2.45) is 0 Å². The van der Waals surface area contributed by atoms with Crippen LogP contribution in [0.2, 0.25) is 0 Å². The number of hydrogen-bond donors (Lipinski definition) is 1. The highest BCUT2D eigenvalue weighted by Gasteiger charge is 2.52. The molecular formula is C18H26BNO3S. The van der Waals surface area contributed by atoms with Gasteiger partial charge < -0.3 is 15.0 Å². The molecule has 0 atom stereocenters. The molecule has 1 saturated heterocycles. The smallest absolute Gasteiger partial charge is 0.400 e. The van der Waals surface area contributed by atoms with Crippen molar-refractivity contribution in [1.29, 1.82) is 0 Å². The zero-order valence-electron chi connectivity index (χ0n) is 15.3. The Hall–Kier alpha value is -1.24. The van der Waals surface area contributed by atoms with Gasteiger partial charge in [-0.2, -0.15) is 0 Å². The second-order valence-corrected chi connectivity index (χ2v) is 8.42. The molecule has 6 heteroatoms. The Bertz CT molecular complexity index is 634. The molecule has 1 aliphatic rings. The fraction of sp³-hybridized carbons (Fsp3) is 0.500. The van der Waals surface area contributed by atoms with Gasteiger partial charge in [0.15, 0.2) is 5.12 Å². The molecule has 0 aliphatic carbocycles. The molecule has 4 nitrogen and oxygen atoms in total. The first-order chi connectivity index (χ1) is 11.0. The molecule has 2 N–H and O–H groups in total. The molecule has 1 aliphatic heterocycles. The monoisotopic (exact) mass is 347 g/mol. The van der Waals surface area contributed by atoms with Crippen LogP contribution >= 0.6 is 11.8 Å². The Morgan fingerprint density at radius 2 is 1.79 bits per heavy atom. The van der Waals surface area contributed by atoms with Crippen molar-refractivity contribution in [2.75, 3.05) is 11.5 Å². The molecule has 0 unspecified atom stereocenters. The zero-order chi connectivity index (χ0) is 18.1. The minimum Gasteiger partial charge on any atom is -0.400 e.